The topological polar surface area (TPSA) is 102 Å². The second-order valence-corrected chi connectivity index (χ2v) is 12.0. The van der Waals surface area contributed by atoms with Crippen LogP contribution in [0.3, 0.4) is 0 Å². The molecule has 1 aromatic heterocycles. The average Bonchev–Trinajstić information content (AvgIpc) is 3.61. The second-order valence-electron chi connectivity index (χ2n) is 9.42. The lowest BCUT2D eigenvalue weighted by Gasteiger charge is -2.24. The van der Waals surface area contributed by atoms with Gasteiger partial charge in [0.15, 0.2) is 27.4 Å². The number of hydrogen-bond donors (Lipinski definition) is 1. The number of allylic oxidation sites excluding steroid dienone is 1. The lowest BCUT2D eigenvalue weighted by atomic mass is 9.95. The van der Waals surface area contributed by atoms with E-state index in [4.69, 9.17) is 21.1 Å². The fraction of sp³-hybridized carbons (Fsp3) is 0.152. The molecule has 2 heterocycles. The van der Waals surface area contributed by atoms with E-state index in [1.807, 2.05) is 61.5 Å². The van der Waals surface area contributed by atoms with Crippen LogP contribution in [0, 0.1) is 0 Å². The summed E-state index contributed by atoms with van der Waals surface area (Å²) in [6.45, 7) is 6.15. The van der Waals surface area contributed by atoms with Crippen LogP contribution in [-0.4, -0.2) is 40.2 Å². The van der Waals surface area contributed by atoms with Crippen molar-refractivity contribution in [3.05, 3.63) is 125 Å². The molecule has 5 rings (SSSR count). The first-order chi connectivity index (χ1) is 21.4. The highest BCUT2D eigenvalue weighted by atomic mass is 35.5. The number of carbonyl (C=O) groups excluding carboxylic acids is 2. The molecule has 1 atom stereocenters. The largest absolute Gasteiger partial charge is 0.503 e. The summed E-state index contributed by atoms with van der Waals surface area (Å²) < 4.78 is 12.2. The molecule has 1 aliphatic heterocycles. The van der Waals surface area contributed by atoms with Crippen molar-refractivity contribution in [2.24, 2.45) is 0 Å². The monoisotopic (exact) mass is 645 g/mol. The molecule has 1 aliphatic rings. The number of benzene rings is 3. The van der Waals surface area contributed by atoms with Crippen molar-refractivity contribution in [2.75, 3.05) is 18.1 Å². The predicted octanol–water partition coefficient (Wildman–Crippen LogP) is 7.63. The van der Waals surface area contributed by atoms with E-state index in [1.54, 1.807) is 30.4 Å². The zero-order chi connectivity index (χ0) is 31.1. The summed E-state index contributed by atoms with van der Waals surface area (Å²) in [6, 6.07) is 20.9. The Morgan fingerprint density at radius 1 is 1.09 bits per heavy atom. The minimum atomic E-state index is -1.00. The highest BCUT2D eigenvalue weighted by Gasteiger charge is 2.45. The molecule has 8 nitrogen and oxygen atoms in total. The molecule has 0 aliphatic carbocycles. The highest BCUT2D eigenvalue weighted by molar-refractivity contribution is 8.00. The van der Waals surface area contributed by atoms with E-state index in [0.29, 0.717) is 38.8 Å². The smallest absolute Gasteiger partial charge is 0.296 e. The molecule has 1 amide bonds. The summed E-state index contributed by atoms with van der Waals surface area (Å²) in [5, 5.41) is 20.6. The number of ether oxygens (including phenoxy) is 2. The summed E-state index contributed by atoms with van der Waals surface area (Å²) in [4.78, 5) is 28.6. The summed E-state index contributed by atoms with van der Waals surface area (Å²) in [6.07, 6.45) is 4.61. The van der Waals surface area contributed by atoms with Crippen LogP contribution in [0.5, 0.6) is 11.5 Å². The Hall–Kier alpha value is -4.38. The van der Waals surface area contributed by atoms with Crippen LogP contribution in [-0.2, 0) is 15.3 Å². The number of amides is 1. The summed E-state index contributed by atoms with van der Waals surface area (Å²) >= 11 is 8.91. The van der Waals surface area contributed by atoms with Crippen molar-refractivity contribution in [3.63, 3.8) is 0 Å². The summed E-state index contributed by atoms with van der Waals surface area (Å²) in [5.41, 5.74) is 2.18. The maximum absolute atomic E-state index is 13.7. The Bertz CT molecular complexity index is 1740. The van der Waals surface area contributed by atoms with Crippen molar-refractivity contribution in [1.29, 1.82) is 0 Å². The highest BCUT2D eigenvalue weighted by Crippen LogP contribution is 2.45. The van der Waals surface area contributed by atoms with Gasteiger partial charge in [-0.3, -0.25) is 14.5 Å². The van der Waals surface area contributed by atoms with Crippen molar-refractivity contribution < 1.29 is 24.2 Å². The number of nitrogens with zero attached hydrogens (tertiary/aromatic N) is 3. The Kier molecular flexibility index (Phi) is 10.2. The molecule has 0 bridgehead atoms. The molecule has 0 saturated heterocycles. The van der Waals surface area contributed by atoms with Gasteiger partial charge in [0.25, 0.3) is 5.91 Å². The van der Waals surface area contributed by atoms with Crippen molar-refractivity contribution in [2.45, 2.75) is 23.1 Å². The van der Waals surface area contributed by atoms with Gasteiger partial charge in [0.2, 0.25) is 5.13 Å². The van der Waals surface area contributed by atoms with Crippen LogP contribution in [0.1, 0.15) is 29.7 Å². The zero-order valence-corrected chi connectivity index (χ0v) is 26.1. The number of halogens is 1. The second kappa shape index (κ2) is 14.4. The summed E-state index contributed by atoms with van der Waals surface area (Å²) in [5.74, 6) is -0.475. The Labute approximate surface area is 268 Å². The quantitative estimate of drug-likeness (QED) is 0.0685. The first-order valence-electron chi connectivity index (χ1n) is 13.7. The number of carbonyl (C=O) groups is 2. The molecule has 1 unspecified atom stereocenters. The van der Waals surface area contributed by atoms with Crippen LogP contribution in [0.2, 0.25) is 5.02 Å². The third-order valence-corrected chi connectivity index (χ3v) is 9.02. The third kappa shape index (κ3) is 6.88. The van der Waals surface area contributed by atoms with Gasteiger partial charge in [-0.05, 0) is 47.9 Å². The average molecular weight is 646 g/mol. The van der Waals surface area contributed by atoms with E-state index in [-0.39, 0.29) is 17.3 Å². The Morgan fingerprint density at radius 3 is 2.61 bits per heavy atom. The predicted molar refractivity (Wildman–Crippen MR) is 175 cm³/mol. The maximum atomic E-state index is 13.7. The summed E-state index contributed by atoms with van der Waals surface area (Å²) in [7, 11) is 0. The van der Waals surface area contributed by atoms with E-state index in [0.717, 1.165) is 11.1 Å². The molecule has 1 N–H and O–H groups in total. The van der Waals surface area contributed by atoms with Crippen molar-refractivity contribution in [1.82, 2.24) is 10.2 Å². The van der Waals surface area contributed by atoms with Gasteiger partial charge in [0.1, 0.15) is 6.61 Å². The molecule has 3 aromatic carbocycles. The fourth-order valence-corrected chi connectivity index (χ4v) is 6.69. The molecule has 11 heteroatoms. The minimum absolute atomic E-state index is 0.0788. The number of aliphatic hydroxyl groups excluding tert-OH is 1. The van der Waals surface area contributed by atoms with E-state index in [9.17, 15) is 14.7 Å². The third-order valence-electron chi connectivity index (χ3n) is 6.55. The fourth-order valence-electron chi connectivity index (χ4n) is 4.54. The lowest BCUT2D eigenvalue weighted by Crippen LogP contribution is -2.31. The number of ketones is 1. The SMILES string of the molecule is C=CCOc1ccc(C2C(C(=O)C=Cc3ccccc3)=C(O)C(=O)N2c2nnc(SCc3ccccc3Cl)s2)cc1OCC. The van der Waals surface area contributed by atoms with Crippen LogP contribution >= 0.6 is 34.7 Å². The van der Waals surface area contributed by atoms with E-state index in [2.05, 4.69) is 16.8 Å². The van der Waals surface area contributed by atoms with Crippen LogP contribution in [0.25, 0.3) is 6.08 Å². The zero-order valence-electron chi connectivity index (χ0n) is 23.7. The van der Waals surface area contributed by atoms with Gasteiger partial charge in [-0.2, -0.15) is 0 Å². The van der Waals surface area contributed by atoms with E-state index >= 15 is 0 Å². The van der Waals surface area contributed by atoms with Gasteiger partial charge in [-0.15, -0.1) is 10.2 Å². The van der Waals surface area contributed by atoms with Crippen LogP contribution in [0.4, 0.5) is 5.13 Å². The van der Waals surface area contributed by atoms with Gasteiger partial charge in [-0.1, -0.05) is 108 Å². The van der Waals surface area contributed by atoms with E-state index < -0.39 is 23.5 Å². The Balaban J connectivity index is 1.52. The number of aliphatic hydroxyl groups is 1. The van der Waals surface area contributed by atoms with Crippen LogP contribution in [0.15, 0.2) is 107 Å². The minimum Gasteiger partial charge on any atom is -0.503 e. The van der Waals surface area contributed by atoms with Gasteiger partial charge in [0.05, 0.1) is 18.2 Å². The molecular formula is C33H28ClN3O5S2. The molecule has 44 heavy (non-hydrogen) atoms. The molecule has 0 spiro atoms. The number of rotatable bonds is 13. The molecule has 224 valence electrons. The Morgan fingerprint density at radius 2 is 1.86 bits per heavy atom. The molecular weight excluding hydrogens is 618 g/mol. The standard InChI is InChI=1S/C33H28ClN3O5S2/c1-3-18-42-26-17-15-22(19-27(26)41-4-2)29-28(25(38)16-14-21-10-6-5-7-11-21)30(39)31(40)37(29)32-35-36-33(44-32)43-20-23-12-8-9-13-24(23)34/h3,5-17,19,29,39H,1,4,18,20H2,2H3. The van der Waals surface area contributed by atoms with Crippen molar-refractivity contribution in [3.8, 4) is 11.5 Å². The van der Waals surface area contributed by atoms with Gasteiger partial charge >= 0.3 is 0 Å². The van der Waals surface area contributed by atoms with Gasteiger partial charge < -0.3 is 14.6 Å². The van der Waals surface area contributed by atoms with E-state index in [1.165, 1.54) is 34.1 Å². The number of anilines is 1. The first-order valence-corrected chi connectivity index (χ1v) is 15.8. The van der Waals surface area contributed by atoms with Gasteiger partial charge in [0, 0.05) is 10.8 Å². The normalized spacial score (nSPS) is 14.8. The van der Waals surface area contributed by atoms with Crippen molar-refractivity contribution >= 4 is 57.6 Å². The number of hydrogen-bond acceptors (Lipinski definition) is 9. The number of thioether (sulfide) groups is 1. The number of aromatic nitrogens is 2. The molecule has 4 aromatic rings. The van der Waals surface area contributed by atoms with Gasteiger partial charge in [-0.25, -0.2) is 0 Å². The first kappa shape index (κ1) is 31.1. The lowest BCUT2D eigenvalue weighted by molar-refractivity contribution is -0.117. The molecule has 0 fully saturated rings. The maximum Gasteiger partial charge on any atom is 0.296 e. The molecule has 0 radical (unpaired) electrons. The molecule has 0 saturated carbocycles. The van der Waals surface area contributed by atoms with Crippen LogP contribution < -0.4 is 14.4 Å².